The Labute approximate surface area is 168 Å². The average Bonchev–Trinajstić information content (AvgIpc) is 2.78. The molecule has 4 nitrogen and oxygen atoms in total. The third-order valence-corrected chi connectivity index (χ3v) is 5.51. The zero-order chi connectivity index (χ0) is 20.4. The number of carboxylic acid groups (broad SMARTS) is 1. The first-order chi connectivity index (χ1) is 12.7. The van der Waals surface area contributed by atoms with Crippen LogP contribution in [0.1, 0.15) is 85.0 Å². The molecule has 0 radical (unpaired) electrons. The van der Waals surface area contributed by atoms with Crippen molar-refractivity contribution in [1.29, 1.82) is 0 Å². The molecule has 0 amide bonds. The molecule has 0 bridgehead atoms. The number of hydrogen-bond donors (Lipinski definition) is 2. The standard InChI is InChI=1S/C22H35ClO4/c1-16(2)9-8-10-17(3)13-14-22(27)15-19(23)21(26)18(22)11-6-4-5-7-12-20(24)25/h11,15-17,27H,4-10,12-14H2,1-3H3,(H,24,25). The number of halogens is 1. The van der Waals surface area contributed by atoms with Gasteiger partial charge in [-0.1, -0.05) is 64.1 Å². The number of aliphatic carboxylic acids is 1. The zero-order valence-corrected chi connectivity index (χ0v) is 17.7. The summed E-state index contributed by atoms with van der Waals surface area (Å²) in [5, 5.41) is 19.8. The Kier molecular flexibility index (Phi) is 10.3. The Morgan fingerprint density at radius 2 is 1.85 bits per heavy atom. The maximum absolute atomic E-state index is 12.3. The molecule has 1 aliphatic carbocycles. The van der Waals surface area contributed by atoms with Crippen molar-refractivity contribution in [3.63, 3.8) is 0 Å². The number of hydrogen-bond acceptors (Lipinski definition) is 3. The van der Waals surface area contributed by atoms with Gasteiger partial charge in [-0.05, 0) is 50.0 Å². The number of allylic oxidation sites excluding steroid dienone is 2. The van der Waals surface area contributed by atoms with E-state index in [1.54, 1.807) is 6.08 Å². The maximum Gasteiger partial charge on any atom is 0.303 e. The number of ketones is 1. The zero-order valence-electron chi connectivity index (χ0n) is 17.0. The minimum absolute atomic E-state index is 0.0992. The van der Waals surface area contributed by atoms with Crippen molar-refractivity contribution >= 4 is 23.4 Å². The summed E-state index contributed by atoms with van der Waals surface area (Å²) in [6, 6.07) is 0. The third kappa shape index (κ3) is 8.61. The number of carboxylic acids is 1. The summed E-state index contributed by atoms with van der Waals surface area (Å²) in [6.45, 7) is 6.64. The van der Waals surface area contributed by atoms with Gasteiger partial charge in [-0.25, -0.2) is 0 Å². The molecule has 5 heteroatoms. The van der Waals surface area contributed by atoms with Crippen LogP contribution in [-0.2, 0) is 9.59 Å². The van der Waals surface area contributed by atoms with Crippen molar-refractivity contribution in [2.75, 3.05) is 0 Å². The van der Waals surface area contributed by atoms with Crippen LogP contribution in [0, 0.1) is 11.8 Å². The molecule has 2 atom stereocenters. The van der Waals surface area contributed by atoms with E-state index in [0.29, 0.717) is 36.7 Å². The molecule has 0 spiro atoms. The van der Waals surface area contributed by atoms with Crippen molar-refractivity contribution in [2.24, 2.45) is 11.8 Å². The Morgan fingerprint density at radius 1 is 1.15 bits per heavy atom. The van der Waals surface area contributed by atoms with E-state index in [0.717, 1.165) is 25.7 Å². The Morgan fingerprint density at radius 3 is 2.48 bits per heavy atom. The molecule has 0 aromatic rings. The number of carbonyl (C=O) groups excluding carboxylic acids is 1. The first-order valence-corrected chi connectivity index (χ1v) is 10.6. The van der Waals surface area contributed by atoms with E-state index in [2.05, 4.69) is 20.8 Å². The highest BCUT2D eigenvalue weighted by Gasteiger charge is 2.40. The number of unbranched alkanes of at least 4 members (excludes halogenated alkanes) is 3. The molecule has 0 saturated heterocycles. The molecular weight excluding hydrogens is 364 g/mol. The second kappa shape index (κ2) is 11.7. The molecule has 1 aliphatic rings. The molecular formula is C22H35ClO4. The van der Waals surface area contributed by atoms with E-state index in [1.165, 1.54) is 18.9 Å². The highest BCUT2D eigenvalue weighted by molar-refractivity contribution is 6.46. The molecule has 0 aromatic carbocycles. The monoisotopic (exact) mass is 398 g/mol. The molecule has 1 rings (SSSR count). The molecule has 2 unspecified atom stereocenters. The van der Waals surface area contributed by atoms with Crippen LogP contribution in [0.3, 0.4) is 0 Å². The van der Waals surface area contributed by atoms with Crippen molar-refractivity contribution in [3.05, 3.63) is 22.8 Å². The van der Waals surface area contributed by atoms with Crippen LogP contribution in [0.25, 0.3) is 0 Å². The maximum atomic E-state index is 12.3. The molecule has 0 heterocycles. The topological polar surface area (TPSA) is 74.6 Å². The van der Waals surface area contributed by atoms with E-state index >= 15 is 0 Å². The van der Waals surface area contributed by atoms with E-state index in [9.17, 15) is 14.7 Å². The van der Waals surface area contributed by atoms with Crippen LogP contribution in [-0.4, -0.2) is 27.6 Å². The minimum Gasteiger partial charge on any atom is -0.481 e. The number of rotatable bonds is 13. The van der Waals surface area contributed by atoms with Gasteiger partial charge < -0.3 is 10.2 Å². The van der Waals surface area contributed by atoms with Crippen molar-refractivity contribution in [1.82, 2.24) is 0 Å². The van der Waals surface area contributed by atoms with Crippen molar-refractivity contribution in [3.8, 4) is 0 Å². The summed E-state index contributed by atoms with van der Waals surface area (Å²) < 4.78 is 0. The summed E-state index contributed by atoms with van der Waals surface area (Å²) in [7, 11) is 0. The smallest absolute Gasteiger partial charge is 0.303 e. The van der Waals surface area contributed by atoms with Gasteiger partial charge in [0, 0.05) is 12.0 Å². The fourth-order valence-corrected chi connectivity index (χ4v) is 3.77. The molecule has 0 aliphatic heterocycles. The number of aliphatic hydroxyl groups is 1. The summed E-state index contributed by atoms with van der Waals surface area (Å²) in [4.78, 5) is 22.8. The van der Waals surface area contributed by atoms with Gasteiger partial charge in [-0.3, -0.25) is 9.59 Å². The van der Waals surface area contributed by atoms with Crippen LogP contribution in [0.15, 0.2) is 22.8 Å². The average molecular weight is 399 g/mol. The van der Waals surface area contributed by atoms with Crippen LogP contribution in [0.5, 0.6) is 0 Å². The van der Waals surface area contributed by atoms with E-state index in [4.69, 9.17) is 16.7 Å². The summed E-state index contributed by atoms with van der Waals surface area (Å²) in [6.07, 6.45) is 11.2. The van der Waals surface area contributed by atoms with Crippen molar-refractivity contribution in [2.45, 2.75) is 90.6 Å². The summed E-state index contributed by atoms with van der Waals surface area (Å²) in [5.74, 6) is 0.137. The molecule has 0 saturated carbocycles. The third-order valence-electron chi connectivity index (χ3n) is 5.23. The Bertz CT molecular complexity index is 565. The Balaban J connectivity index is 2.54. The van der Waals surface area contributed by atoms with Gasteiger partial charge in [0.1, 0.15) is 5.60 Å². The van der Waals surface area contributed by atoms with E-state index in [1.807, 2.05) is 0 Å². The van der Waals surface area contributed by atoms with Crippen LogP contribution >= 0.6 is 11.6 Å². The highest BCUT2D eigenvalue weighted by Crippen LogP contribution is 2.38. The lowest BCUT2D eigenvalue weighted by Gasteiger charge is -2.24. The second-order valence-electron chi connectivity index (χ2n) is 8.33. The molecule has 0 fully saturated rings. The molecule has 2 N–H and O–H groups in total. The normalized spacial score (nSPS) is 22.5. The predicted octanol–water partition coefficient (Wildman–Crippen LogP) is 5.63. The lowest BCUT2D eigenvalue weighted by Crippen LogP contribution is -2.28. The highest BCUT2D eigenvalue weighted by atomic mass is 35.5. The summed E-state index contributed by atoms with van der Waals surface area (Å²) in [5.41, 5.74) is -0.873. The number of carbonyl (C=O) groups is 2. The van der Waals surface area contributed by atoms with E-state index in [-0.39, 0.29) is 17.2 Å². The SMILES string of the molecule is CC(C)CCCC(C)CCC1(O)C=C(Cl)C(=O)C1=CCCCCCC(=O)O. The van der Waals surface area contributed by atoms with E-state index < -0.39 is 11.6 Å². The van der Waals surface area contributed by atoms with Gasteiger partial charge >= 0.3 is 5.97 Å². The first kappa shape index (κ1) is 23.9. The second-order valence-corrected chi connectivity index (χ2v) is 8.73. The quantitative estimate of drug-likeness (QED) is 0.311. The van der Waals surface area contributed by atoms with Gasteiger partial charge in [0.25, 0.3) is 0 Å². The van der Waals surface area contributed by atoms with Crippen LogP contribution in [0.2, 0.25) is 0 Å². The fourth-order valence-electron chi connectivity index (χ4n) is 3.48. The van der Waals surface area contributed by atoms with Gasteiger partial charge in [-0.2, -0.15) is 0 Å². The molecule has 0 aromatic heterocycles. The minimum atomic E-state index is -1.26. The van der Waals surface area contributed by atoms with Gasteiger partial charge in [0.2, 0.25) is 5.78 Å². The summed E-state index contributed by atoms with van der Waals surface area (Å²) >= 11 is 6.02. The first-order valence-electron chi connectivity index (χ1n) is 10.2. The van der Waals surface area contributed by atoms with Gasteiger partial charge in [-0.15, -0.1) is 0 Å². The number of Topliss-reactive ketones (excluding diaryl/α,β-unsaturated/α-hetero) is 1. The van der Waals surface area contributed by atoms with Gasteiger partial charge in [0.05, 0.1) is 5.03 Å². The van der Waals surface area contributed by atoms with Crippen molar-refractivity contribution < 1.29 is 19.8 Å². The lowest BCUT2D eigenvalue weighted by atomic mass is 9.86. The Hall–Kier alpha value is -1.13. The van der Waals surface area contributed by atoms with Gasteiger partial charge in [0.15, 0.2) is 0 Å². The lowest BCUT2D eigenvalue weighted by molar-refractivity contribution is -0.137. The largest absolute Gasteiger partial charge is 0.481 e. The predicted molar refractivity (Wildman–Crippen MR) is 110 cm³/mol. The molecule has 27 heavy (non-hydrogen) atoms. The van der Waals surface area contributed by atoms with Crippen LogP contribution < -0.4 is 0 Å². The molecule has 154 valence electrons. The van der Waals surface area contributed by atoms with Crippen LogP contribution in [0.4, 0.5) is 0 Å². The fraction of sp³-hybridized carbons (Fsp3) is 0.727.